The van der Waals surface area contributed by atoms with Crippen molar-refractivity contribution in [3.63, 3.8) is 0 Å². The summed E-state index contributed by atoms with van der Waals surface area (Å²) in [5.74, 6) is 0.756. The van der Waals surface area contributed by atoms with E-state index in [2.05, 4.69) is 20.5 Å². The number of hydrogen-bond acceptors (Lipinski definition) is 4. The van der Waals surface area contributed by atoms with E-state index < -0.39 is 11.7 Å². The molecule has 1 aromatic rings. The predicted molar refractivity (Wildman–Crippen MR) is 106 cm³/mol. The van der Waals surface area contributed by atoms with Gasteiger partial charge in [0.2, 0.25) is 0 Å². The first kappa shape index (κ1) is 22.3. The molecule has 6 nitrogen and oxygen atoms in total. The molecular weight excluding hydrogens is 371 g/mol. The molecule has 0 saturated carbocycles. The van der Waals surface area contributed by atoms with Crippen LogP contribution in [0.1, 0.15) is 12.0 Å². The smallest absolute Gasteiger partial charge is 0.383 e. The molecule has 1 fully saturated rings. The number of benzene rings is 1. The maximum Gasteiger partial charge on any atom is 0.416 e. The van der Waals surface area contributed by atoms with E-state index in [1.54, 1.807) is 20.2 Å². The number of alkyl halides is 3. The Morgan fingerprint density at radius 2 is 1.86 bits per heavy atom. The Balaban J connectivity index is 1.69. The lowest BCUT2D eigenvalue weighted by atomic mass is 10.1. The number of rotatable bonds is 8. The fourth-order valence-electron chi connectivity index (χ4n) is 3.11. The van der Waals surface area contributed by atoms with Crippen molar-refractivity contribution in [2.45, 2.75) is 12.6 Å². The van der Waals surface area contributed by atoms with E-state index in [1.165, 1.54) is 12.1 Å². The molecule has 1 heterocycles. The third-order valence-electron chi connectivity index (χ3n) is 4.68. The van der Waals surface area contributed by atoms with Crippen molar-refractivity contribution in [2.75, 3.05) is 71.5 Å². The van der Waals surface area contributed by atoms with Crippen molar-refractivity contribution in [3.05, 3.63) is 29.8 Å². The zero-order valence-electron chi connectivity index (χ0n) is 16.6. The second kappa shape index (κ2) is 11.1. The molecule has 0 aliphatic carbocycles. The maximum atomic E-state index is 12.9. The van der Waals surface area contributed by atoms with E-state index in [-0.39, 0.29) is 0 Å². The molecule has 1 aliphatic heterocycles. The molecule has 0 spiro atoms. The van der Waals surface area contributed by atoms with Gasteiger partial charge in [-0.2, -0.15) is 13.2 Å². The first-order chi connectivity index (χ1) is 13.4. The summed E-state index contributed by atoms with van der Waals surface area (Å²) in [6, 6.07) is 5.58. The van der Waals surface area contributed by atoms with Crippen LogP contribution in [0.4, 0.5) is 18.9 Å². The molecule has 1 saturated heterocycles. The highest BCUT2D eigenvalue weighted by atomic mass is 19.4. The Bertz CT molecular complexity index is 616. The lowest BCUT2D eigenvalue weighted by molar-refractivity contribution is -0.137. The van der Waals surface area contributed by atoms with Gasteiger partial charge in [0.25, 0.3) is 0 Å². The summed E-state index contributed by atoms with van der Waals surface area (Å²) in [6.07, 6.45) is -3.33. The lowest BCUT2D eigenvalue weighted by Gasteiger charge is -2.36. The average molecular weight is 401 g/mol. The predicted octanol–water partition coefficient (Wildman–Crippen LogP) is 2.03. The van der Waals surface area contributed by atoms with Crippen LogP contribution in [-0.4, -0.2) is 77.4 Å². The monoisotopic (exact) mass is 401 g/mol. The maximum absolute atomic E-state index is 12.9. The number of ether oxygens (including phenoxy) is 1. The normalized spacial score (nSPS) is 16.3. The van der Waals surface area contributed by atoms with E-state index in [4.69, 9.17) is 4.74 Å². The van der Waals surface area contributed by atoms with Gasteiger partial charge in [-0.3, -0.25) is 9.89 Å². The fraction of sp³-hybridized carbons (Fsp3) is 0.632. The molecule has 28 heavy (non-hydrogen) atoms. The minimum absolute atomic E-state index is 0.592. The summed E-state index contributed by atoms with van der Waals surface area (Å²) in [5.41, 5.74) is 0.0491. The zero-order valence-corrected chi connectivity index (χ0v) is 16.6. The van der Waals surface area contributed by atoms with Crippen LogP contribution in [0, 0.1) is 0 Å². The van der Waals surface area contributed by atoms with Gasteiger partial charge >= 0.3 is 6.18 Å². The number of anilines is 1. The van der Waals surface area contributed by atoms with Crippen molar-refractivity contribution in [3.8, 4) is 0 Å². The Morgan fingerprint density at radius 3 is 2.50 bits per heavy atom. The first-order valence-electron chi connectivity index (χ1n) is 9.52. The zero-order chi connectivity index (χ0) is 20.4. The van der Waals surface area contributed by atoms with Crippen LogP contribution in [-0.2, 0) is 10.9 Å². The van der Waals surface area contributed by atoms with E-state index in [0.717, 1.165) is 57.7 Å². The van der Waals surface area contributed by atoms with Crippen LogP contribution in [0.25, 0.3) is 0 Å². The molecule has 2 rings (SSSR count). The quantitative estimate of drug-likeness (QED) is 0.397. The number of nitrogens with zero attached hydrogens (tertiary/aromatic N) is 3. The first-order valence-corrected chi connectivity index (χ1v) is 9.52. The highest BCUT2D eigenvalue weighted by molar-refractivity contribution is 5.79. The third kappa shape index (κ3) is 7.20. The Kier molecular flexibility index (Phi) is 8.85. The molecule has 1 aromatic carbocycles. The second-order valence-corrected chi connectivity index (χ2v) is 6.65. The van der Waals surface area contributed by atoms with Crippen LogP contribution in [0.2, 0.25) is 0 Å². The molecule has 0 amide bonds. The number of nitrogens with one attached hydrogen (secondary N) is 2. The topological polar surface area (TPSA) is 52.1 Å². The number of methoxy groups -OCH3 is 1. The summed E-state index contributed by atoms with van der Waals surface area (Å²) < 4.78 is 43.7. The van der Waals surface area contributed by atoms with Crippen molar-refractivity contribution < 1.29 is 17.9 Å². The van der Waals surface area contributed by atoms with Crippen molar-refractivity contribution >= 4 is 11.6 Å². The average Bonchev–Trinajstić information content (AvgIpc) is 2.70. The fourth-order valence-corrected chi connectivity index (χ4v) is 3.11. The van der Waals surface area contributed by atoms with Crippen molar-refractivity contribution in [1.82, 2.24) is 15.5 Å². The SMILES string of the molecule is CN=C(NCCCN1CCN(c2cccc(C(F)(F)F)c2)CC1)NCCOC. The van der Waals surface area contributed by atoms with E-state index in [0.29, 0.717) is 18.8 Å². The molecule has 0 bridgehead atoms. The van der Waals surface area contributed by atoms with Gasteiger partial charge in [-0.05, 0) is 31.2 Å². The summed E-state index contributed by atoms with van der Waals surface area (Å²) >= 11 is 0. The third-order valence-corrected chi connectivity index (χ3v) is 4.68. The summed E-state index contributed by atoms with van der Waals surface area (Å²) in [7, 11) is 3.39. The van der Waals surface area contributed by atoms with Gasteiger partial charge in [0, 0.05) is 59.1 Å². The molecule has 2 N–H and O–H groups in total. The van der Waals surface area contributed by atoms with Crippen LogP contribution in [0.3, 0.4) is 0 Å². The molecule has 1 aliphatic rings. The Morgan fingerprint density at radius 1 is 1.14 bits per heavy atom. The van der Waals surface area contributed by atoms with Gasteiger partial charge in [0.15, 0.2) is 5.96 Å². The van der Waals surface area contributed by atoms with Gasteiger partial charge in [0.05, 0.1) is 12.2 Å². The molecule has 0 unspecified atom stereocenters. The van der Waals surface area contributed by atoms with Crippen LogP contribution >= 0.6 is 0 Å². The van der Waals surface area contributed by atoms with Gasteiger partial charge in [0.1, 0.15) is 0 Å². The largest absolute Gasteiger partial charge is 0.416 e. The minimum Gasteiger partial charge on any atom is -0.383 e. The van der Waals surface area contributed by atoms with Crippen LogP contribution in [0.15, 0.2) is 29.3 Å². The Hall–Kier alpha value is -2.00. The van der Waals surface area contributed by atoms with E-state index in [9.17, 15) is 13.2 Å². The van der Waals surface area contributed by atoms with Gasteiger partial charge < -0.3 is 20.3 Å². The minimum atomic E-state index is -4.30. The van der Waals surface area contributed by atoms with Gasteiger partial charge in [-0.25, -0.2) is 0 Å². The highest BCUT2D eigenvalue weighted by Gasteiger charge is 2.31. The summed E-state index contributed by atoms with van der Waals surface area (Å²) in [4.78, 5) is 8.51. The van der Waals surface area contributed by atoms with E-state index in [1.807, 2.05) is 4.90 Å². The standard InChI is InChI=1S/C19H30F3N5O/c1-23-18(25-8-14-28-2)24-7-4-9-26-10-12-27(13-11-26)17-6-3-5-16(15-17)19(20,21)22/h3,5-6,15H,4,7-14H2,1-2H3,(H2,23,24,25). The number of halogens is 3. The molecule has 9 heteroatoms. The van der Waals surface area contributed by atoms with Crippen molar-refractivity contribution in [1.29, 1.82) is 0 Å². The second-order valence-electron chi connectivity index (χ2n) is 6.65. The van der Waals surface area contributed by atoms with Crippen LogP contribution in [0.5, 0.6) is 0 Å². The molecular formula is C19H30F3N5O. The van der Waals surface area contributed by atoms with E-state index >= 15 is 0 Å². The van der Waals surface area contributed by atoms with Gasteiger partial charge in [-0.15, -0.1) is 0 Å². The van der Waals surface area contributed by atoms with Crippen LogP contribution < -0.4 is 15.5 Å². The number of piperazine rings is 1. The number of aliphatic imine (C=N–C) groups is 1. The molecule has 0 radical (unpaired) electrons. The number of guanidine groups is 1. The lowest BCUT2D eigenvalue weighted by Crippen LogP contribution is -2.47. The van der Waals surface area contributed by atoms with Gasteiger partial charge in [-0.1, -0.05) is 6.07 Å². The summed E-state index contributed by atoms with van der Waals surface area (Å²) in [6.45, 7) is 6.22. The molecule has 0 atom stereocenters. The highest BCUT2D eigenvalue weighted by Crippen LogP contribution is 2.31. The van der Waals surface area contributed by atoms with Crippen molar-refractivity contribution in [2.24, 2.45) is 4.99 Å². The molecule has 158 valence electrons. The Labute approximate surface area is 164 Å². The summed E-state index contributed by atoms with van der Waals surface area (Å²) in [5, 5.41) is 6.42. The number of hydrogen-bond donors (Lipinski definition) is 2. The molecule has 0 aromatic heterocycles.